The van der Waals surface area contributed by atoms with Crippen molar-refractivity contribution < 1.29 is 0 Å². The van der Waals surface area contributed by atoms with Crippen LogP contribution in [-0.2, 0) is 0 Å². The van der Waals surface area contributed by atoms with E-state index < -0.39 is 0 Å². The van der Waals surface area contributed by atoms with E-state index in [4.69, 9.17) is 5.73 Å². The minimum absolute atomic E-state index is 0. The fourth-order valence-corrected chi connectivity index (χ4v) is 2.70. The summed E-state index contributed by atoms with van der Waals surface area (Å²) in [5.41, 5.74) is 6.03. The molecule has 0 radical (unpaired) electrons. The summed E-state index contributed by atoms with van der Waals surface area (Å²) in [6.07, 6.45) is 5.15. The maximum absolute atomic E-state index is 6.03. The van der Waals surface area contributed by atoms with Crippen LogP contribution in [0.25, 0.3) is 0 Å². The Morgan fingerprint density at radius 1 is 1.37 bits per heavy atom. The number of guanidine groups is 1. The lowest BCUT2D eigenvalue weighted by atomic mass is 9.97. The molecule has 1 saturated carbocycles. The van der Waals surface area contributed by atoms with Crippen LogP contribution in [0.2, 0.25) is 0 Å². The van der Waals surface area contributed by atoms with Gasteiger partial charge in [-0.15, -0.1) is 24.0 Å². The van der Waals surface area contributed by atoms with Crippen LogP contribution < -0.4 is 5.73 Å². The van der Waals surface area contributed by atoms with Crippen molar-refractivity contribution in [2.75, 3.05) is 26.7 Å². The molecule has 112 valence electrons. The molecule has 1 unspecified atom stereocenters. The van der Waals surface area contributed by atoms with E-state index in [1.807, 2.05) is 0 Å². The van der Waals surface area contributed by atoms with Crippen molar-refractivity contribution in [3.8, 4) is 0 Å². The smallest absolute Gasteiger partial charge is 0.191 e. The first-order valence-electron chi connectivity index (χ1n) is 7.34. The Hall–Kier alpha value is -0.0400. The zero-order valence-corrected chi connectivity index (χ0v) is 14.8. The van der Waals surface area contributed by atoms with Gasteiger partial charge in [-0.05, 0) is 52.0 Å². The van der Waals surface area contributed by atoms with Crippen molar-refractivity contribution in [1.82, 2.24) is 9.80 Å². The van der Waals surface area contributed by atoms with Gasteiger partial charge in [0.2, 0.25) is 0 Å². The molecule has 1 aliphatic heterocycles. The highest BCUT2D eigenvalue weighted by molar-refractivity contribution is 14.0. The van der Waals surface area contributed by atoms with Crippen LogP contribution in [0.1, 0.15) is 39.5 Å². The van der Waals surface area contributed by atoms with Gasteiger partial charge < -0.3 is 15.5 Å². The summed E-state index contributed by atoms with van der Waals surface area (Å²) >= 11 is 0. The number of hydrogen-bond donors (Lipinski definition) is 1. The van der Waals surface area contributed by atoms with Crippen molar-refractivity contribution in [2.45, 2.75) is 51.6 Å². The van der Waals surface area contributed by atoms with Gasteiger partial charge in [0, 0.05) is 32.2 Å². The molecule has 2 N–H and O–H groups in total. The van der Waals surface area contributed by atoms with E-state index >= 15 is 0 Å². The van der Waals surface area contributed by atoms with Crippen LogP contribution >= 0.6 is 24.0 Å². The predicted octanol–water partition coefficient (Wildman–Crippen LogP) is 2.13. The van der Waals surface area contributed by atoms with Gasteiger partial charge in [-0.3, -0.25) is 4.99 Å². The van der Waals surface area contributed by atoms with Crippen molar-refractivity contribution in [3.05, 3.63) is 0 Å². The Bertz CT molecular complexity index is 302. The highest BCUT2D eigenvalue weighted by Gasteiger charge is 2.27. The molecule has 2 fully saturated rings. The van der Waals surface area contributed by atoms with Crippen LogP contribution in [0.5, 0.6) is 0 Å². The van der Waals surface area contributed by atoms with Gasteiger partial charge >= 0.3 is 0 Å². The average Bonchev–Trinajstić information content (AvgIpc) is 3.19. The molecular weight excluding hydrogens is 351 g/mol. The second kappa shape index (κ2) is 7.67. The van der Waals surface area contributed by atoms with E-state index in [-0.39, 0.29) is 24.0 Å². The van der Waals surface area contributed by atoms with Crippen molar-refractivity contribution in [2.24, 2.45) is 16.6 Å². The molecule has 1 heterocycles. The summed E-state index contributed by atoms with van der Waals surface area (Å²) in [7, 11) is 2.07. The van der Waals surface area contributed by atoms with Crippen LogP contribution in [0, 0.1) is 5.92 Å². The molecule has 0 aromatic heterocycles. The monoisotopic (exact) mass is 380 g/mol. The fourth-order valence-electron chi connectivity index (χ4n) is 2.70. The second-order valence-electron chi connectivity index (χ2n) is 6.14. The average molecular weight is 380 g/mol. The normalized spacial score (nSPS) is 25.3. The van der Waals surface area contributed by atoms with Gasteiger partial charge in [0.25, 0.3) is 0 Å². The minimum Gasteiger partial charge on any atom is -0.370 e. The lowest BCUT2D eigenvalue weighted by Gasteiger charge is -2.35. The number of halogens is 1. The third-order valence-corrected chi connectivity index (χ3v) is 4.25. The Balaban J connectivity index is 0.00000180. The highest BCUT2D eigenvalue weighted by Crippen LogP contribution is 2.25. The van der Waals surface area contributed by atoms with Crippen molar-refractivity contribution >= 4 is 29.9 Å². The lowest BCUT2D eigenvalue weighted by molar-refractivity contribution is 0.143. The van der Waals surface area contributed by atoms with E-state index in [1.54, 1.807) is 0 Å². The lowest BCUT2D eigenvalue weighted by Crippen LogP contribution is -2.41. The maximum atomic E-state index is 6.03. The number of nitrogens with two attached hydrogens (primary N) is 1. The first kappa shape index (κ1) is 17.0. The molecule has 0 bridgehead atoms. The molecule has 1 saturated heterocycles. The Morgan fingerprint density at radius 2 is 2.05 bits per heavy atom. The van der Waals surface area contributed by atoms with Gasteiger partial charge in [0.15, 0.2) is 5.96 Å². The Morgan fingerprint density at radius 3 is 2.63 bits per heavy atom. The third kappa shape index (κ3) is 5.10. The summed E-state index contributed by atoms with van der Waals surface area (Å²) < 4.78 is 0. The predicted molar refractivity (Wildman–Crippen MR) is 92.1 cm³/mol. The van der Waals surface area contributed by atoms with E-state index in [0.29, 0.717) is 18.0 Å². The summed E-state index contributed by atoms with van der Waals surface area (Å²) in [5, 5.41) is 0. The topological polar surface area (TPSA) is 44.9 Å². The molecule has 0 aromatic rings. The van der Waals surface area contributed by atoms with E-state index in [0.717, 1.165) is 12.5 Å². The van der Waals surface area contributed by atoms with E-state index in [1.165, 1.54) is 38.8 Å². The van der Waals surface area contributed by atoms with Crippen LogP contribution in [0.4, 0.5) is 0 Å². The summed E-state index contributed by atoms with van der Waals surface area (Å²) in [6.45, 7) is 7.88. The molecule has 19 heavy (non-hydrogen) atoms. The number of nitrogens with zero attached hydrogens (tertiary/aromatic N) is 3. The molecule has 5 heteroatoms. The first-order valence-corrected chi connectivity index (χ1v) is 7.34. The Kier molecular flexibility index (Phi) is 6.86. The van der Waals surface area contributed by atoms with Crippen LogP contribution in [0.15, 0.2) is 4.99 Å². The molecule has 0 spiro atoms. The zero-order valence-electron chi connectivity index (χ0n) is 12.5. The molecule has 1 aliphatic carbocycles. The molecule has 2 aliphatic rings. The number of likely N-dealkylation sites (tertiary alicyclic amines) is 1. The summed E-state index contributed by atoms with van der Waals surface area (Å²) in [5.74, 6) is 1.42. The maximum Gasteiger partial charge on any atom is 0.191 e. The van der Waals surface area contributed by atoms with Gasteiger partial charge in [-0.25, -0.2) is 0 Å². The summed E-state index contributed by atoms with van der Waals surface area (Å²) in [4.78, 5) is 9.30. The van der Waals surface area contributed by atoms with Gasteiger partial charge in [0.1, 0.15) is 0 Å². The molecule has 2 rings (SSSR count). The molecular formula is C14H29IN4. The molecule has 1 atom stereocenters. The minimum atomic E-state index is 0. The second-order valence-corrected chi connectivity index (χ2v) is 6.14. The number of piperidine rings is 1. The Labute approximate surface area is 134 Å². The fraction of sp³-hybridized carbons (Fsp3) is 0.929. The van der Waals surface area contributed by atoms with Gasteiger partial charge in [-0.2, -0.15) is 0 Å². The van der Waals surface area contributed by atoms with Crippen LogP contribution in [0.3, 0.4) is 0 Å². The zero-order chi connectivity index (χ0) is 13.1. The van der Waals surface area contributed by atoms with Gasteiger partial charge in [-0.1, -0.05) is 0 Å². The largest absolute Gasteiger partial charge is 0.370 e. The molecule has 0 amide bonds. The third-order valence-electron chi connectivity index (χ3n) is 4.25. The van der Waals surface area contributed by atoms with E-state index in [2.05, 4.69) is 35.7 Å². The van der Waals surface area contributed by atoms with Crippen molar-refractivity contribution in [1.29, 1.82) is 0 Å². The van der Waals surface area contributed by atoms with Crippen molar-refractivity contribution in [3.63, 3.8) is 0 Å². The SMILES string of the molecule is CC(C)N1CCCC(CN=C(N)N(C)C2CC2)C1.I. The van der Waals surface area contributed by atoms with Crippen LogP contribution in [-0.4, -0.2) is 54.5 Å². The van der Waals surface area contributed by atoms with Gasteiger partial charge in [0.05, 0.1) is 0 Å². The number of hydrogen-bond acceptors (Lipinski definition) is 2. The number of rotatable bonds is 4. The van der Waals surface area contributed by atoms with E-state index in [9.17, 15) is 0 Å². The first-order chi connectivity index (χ1) is 8.58. The summed E-state index contributed by atoms with van der Waals surface area (Å²) in [6, 6.07) is 1.32. The standard InChI is InChI=1S/C14H28N4.HI/c1-11(2)18-8-4-5-12(10-18)9-16-14(15)17(3)13-6-7-13;/h11-13H,4-10H2,1-3H3,(H2,15,16);1H. The number of aliphatic imine (C=N–C) groups is 1. The highest BCUT2D eigenvalue weighted by atomic mass is 127. The molecule has 0 aromatic carbocycles. The quantitative estimate of drug-likeness (QED) is 0.462. The molecule has 4 nitrogen and oxygen atoms in total.